The minimum atomic E-state index is 0.758. The molecule has 0 aliphatic heterocycles. The van der Waals surface area contributed by atoms with Gasteiger partial charge in [0.05, 0.1) is 6.61 Å². The highest BCUT2D eigenvalue weighted by atomic mass is 16.5. The second kappa shape index (κ2) is 7.08. The maximum atomic E-state index is 6.34. The molecule has 0 spiro atoms. The van der Waals surface area contributed by atoms with Gasteiger partial charge in [0.1, 0.15) is 5.75 Å². The second-order valence-corrected chi connectivity index (χ2v) is 9.08. The van der Waals surface area contributed by atoms with Gasteiger partial charge in [0, 0.05) is 10.9 Å². The van der Waals surface area contributed by atoms with Crippen molar-refractivity contribution in [2.75, 3.05) is 6.61 Å². The summed E-state index contributed by atoms with van der Waals surface area (Å²) in [6.07, 6.45) is 2.20. The molecule has 0 unspecified atom stereocenters. The maximum absolute atomic E-state index is 6.34. The van der Waals surface area contributed by atoms with E-state index in [4.69, 9.17) is 4.74 Å². The fourth-order valence-electron chi connectivity index (χ4n) is 5.68. The highest BCUT2D eigenvalue weighted by Crippen LogP contribution is 2.53. The molecule has 1 heteroatoms. The Labute approximate surface area is 193 Å². The van der Waals surface area contributed by atoms with Gasteiger partial charge in [-0.15, -0.1) is 0 Å². The monoisotopic (exact) mass is 424 g/mol. The Morgan fingerprint density at radius 1 is 0.576 bits per heavy atom. The normalized spacial score (nSPS) is 12.2. The van der Waals surface area contributed by atoms with Gasteiger partial charge < -0.3 is 4.74 Å². The molecule has 0 fully saturated rings. The van der Waals surface area contributed by atoms with E-state index in [1.54, 1.807) is 0 Å². The van der Waals surface area contributed by atoms with E-state index in [2.05, 4.69) is 97.9 Å². The SMILES string of the molecule is CCCCOc1ccc2cccc3c2c1-c1cc2c4ccccc4c4ccccc4c2cc1-3. The fourth-order valence-corrected chi connectivity index (χ4v) is 5.68. The van der Waals surface area contributed by atoms with Gasteiger partial charge in [-0.3, -0.25) is 0 Å². The largest absolute Gasteiger partial charge is 0.493 e. The first-order chi connectivity index (χ1) is 16.3. The van der Waals surface area contributed by atoms with E-state index in [-0.39, 0.29) is 0 Å². The van der Waals surface area contributed by atoms with Crippen LogP contribution in [-0.2, 0) is 0 Å². The summed E-state index contributed by atoms with van der Waals surface area (Å²) in [4.78, 5) is 0. The molecule has 1 nitrogen and oxygen atoms in total. The summed E-state index contributed by atoms with van der Waals surface area (Å²) in [6, 6.07) is 33.5. The summed E-state index contributed by atoms with van der Waals surface area (Å²) in [7, 11) is 0. The number of unbranched alkanes of at least 4 members (excludes halogenated alkanes) is 1. The topological polar surface area (TPSA) is 9.23 Å². The zero-order chi connectivity index (χ0) is 21.9. The van der Waals surface area contributed by atoms with Gasteiger partial charge in [0.15, 0.2) is 0 Å². The Kier molecular flexibility index (Phi) is 4.01. The van der Waals surface area contributed by atoms with Crippen molar-refractivity contribution in [1.29, 1.82) is 0 Å². The molecule has 1 aliphatic carbocycles. The Balaban J connectivity index is 1.62. The predicted molar refractivity (Wildman–Crippen MR) is 141 cm³/mol. The highest BCUT2D eigenvalue weighted by molar-refractivity contribution is 6.28. The molecule has 158 valence electrons. The lowest BCUT2D eigenvalue weighted by molar-refractivity contribution is 0.311. The van der Waals surface area contributed by atoms with Gasteiger partial charge in [-0.25, -0.2) is 0 Å². The third-order valence-electron chi connectivity index (χ3n) is 7.20. The van der Waals surface area contributed by atoms with Crippen molar-refractivity contribution >= 4 is 43.1 Å². The molecule has 0 saturated carbocycles. The highest BCUT2D eigenvalue weighted by Gasteiger charge is 2.26. The first kappa shape index (κ1) is 18.7. The van der Waals surface area contributed by atoms with Gasteiger partial charge in [-0.2, -0.15) is 0 Å². The number of rotatable bonds is 4. The van der Waals surface area contributed by atoms with E-state index in [0.29, 0.717) is 0 Å². The van der Waals surface area contributed by atoms with Crippen LogP contribution >= 0.6 is 0 Å². The summed E-state index contributed by atoms with van der Waals surface area (Å²) in [6.45, 7) is 2.96. The lowest BCUT2D eigenvalue weighted by Gasteiger charge is -2.14. The average molecular weight is 425 g/mol. The first-order valence-electron chi connectivity index (χ1n) is 11.9. The average Bonchev–Trinajstić information content (AvgIpc) is 3.20. The smallest absolute Gasteiger partial charge is 0.127 e. The van der Waals surface area contributed by atoms with Crippen LogP contribution in [0.4, 0.5) is 0 Å². The minimum absolute atomic E-state index is 0.758. The van der Waals surface area contributed by atoms with Crippen molar-refractivity contribution < 1.29 is 4.74 Å². The first-order valence-corrected chi connectivity index (χ1v) is 11.9. The summed E-state index contributed by atoms with van der Waals surface area (Å²) in [5.41, 5.74) is 5.18. The van der Waals surface area contributed by atoms with E-state index in [9.17, 15) is 0 Å². The van der Waals surface area contributed by atoms with E-state index >= 15 is 0 Å². The van der Waals surface area contributed by atoms with Crippen molar-refractivity contribution in [3.05, 3.63) is 91.0 Å². The Bertz CT molecular complexity index is 1720. The second-order valence-electron chi connectivity index (χ2n) is 9.08. The molecule has 0 radical (unpaired) electrons. The molecular formula is C32H24O. The van der Waals surface area contributed by atoms with Gasteiger partial charge in [-0.1, -0.05) is 86.1 Å². The Morgan fingerprint density at radius 2 is 1.21 bits per heavy atom. The zero-order valence-corrected chi connectivity index (χ0v) is 18.7. The third kappa shape index (κ3) is 2.60. The van der Waals surface area contributed by atoms with Crippen LogP contribution in [-0.4, -0.2) is 6.61 Å². The Hall–Kier alpha value is -3.84. The molecule has 1 aliphatic rings. The molecule has 0 aromatic heterocycles. The molecule has 33 heavy (non-hydrogen) atoms. The van der Waals surface area contributed by atoms with Crippen LogP contribution in [0.25, 0.3) is 65.3 Å². The summed E-state index contributed by atoms with van der Waals surface area (Å²) < 4.78 is 6.34. The van der Waals surface area contributed by atoms with Gasteiger partial charge in [-0.05, 0) is 79.0 Å². The van der Waals surface area contributed by atoms with E-state index in [0.717, 1.165) is 25.2 Å². The van der Waals surface area contributed by atoms with Gasteiger partial charge in [0.25, 0.3) is 0 Å². The van der Waals surface area contributed by atoms with Crippen LogP contribution in [0.5, 0.6) is 5.75 Å². The number of hydrogen-bond acceptors (Lipinski definition) is 1. The van der Waals surface area contributed by atoms with Crippen LogP contribution in [0.1, 0.15) is 19.8 Å². The molecule has 0 bridgehead atoms. The van der Waals surface area contributed by atoms with Crippen molar-refractivity contribution in [3.8, 4) is 28.0 Å². The van der Waals surface area contributed by atoms with E-state index in [1.807, 2.05) is 0 Å². The zero-order valence-electron chi connectivity index (χ0n) is 18.7. The van der Waals surface area contributed by atoms with Crippen molar-refractivity contribution in [3.63, 3.8) is 0 Å². The molecular weight excluding hydrogens is 400 g/mol. The standard InChI is InChI=1S/C32H24O/c1-2-3-17-33-30-16-15-20-9-8-14-25-28-18-26-23-12-6-4-10-21(23)22-11-5-7-13-24(22)27(26)19-29(28)32(30)31(20)25/h4-16,18-19H,2-3,17H2,1H3. The van der Waals surface area contributed by atoms with Crippen molar-refractivity contribution in [2.45, 2.75) is 19.8 Å². The molecule has 7 rings (SSSR count). The third-order valence-corrected chi connectivity index (χ3v) is 7.20. The van der Waals surface area contributed by atoms with Crippen LogP contribution in [0.3, 0.4) is 0 Å². The number of ether oxygens (including phenoxy) is 1. The number of hydrogen-bond donors (Lipinski definition) is 0. The molecule has 0 N–H and O–H groups in total. The summed E-state index contributed by atoms with van der Waals surface area (Å²) >= 11 is 0. The maximum Gasteiger partial charge on any atom is 0.127 e. The van der Waals surface area contributed by atoms with Gasteiger partial charge >= 0.3 is 0 Å². The lowest BCUT2D eigenvalue weighted by Crippen LogP contribution is -1.98. The Morgan fingerprint density at radius 3 is 1.88 bits per heavy atom. The minimum Gasteiger partial charge on any atom is -0.493 e. The molecule has 0 amide bonds. The number of fused-ring (bicyclic) bond motifs is 9. The lowest BCUT2D eigenvalue weighted by atomic mass is 9.90. The van der Waals surface area contributed by atoms with E-state index < -0.39 is 0 Å². The molecule has 6 aromatic rings. The summed E-state index contributed by atoms with van der Waals surface area (Å²) in [5.74, 6) is 1.01. The molecule has 6 aromatic carbocycles. The van der Waals surface area contributed by atoms with Crippen LogP contribution in [0.2, 0.25) is 0 Å². The fraction of sp³-hybridized carbons (Fsp3) is 0.125. The predicted octanol–water partition coefficient (Wildman–Crippen LogP) is 9.13. The molecule has 0 atom stereocenters. The van der Waals surface area contributed by atoms with Crippen LogP contribution in [0, 0.1) is 0 Å². The summed E-state index contributed by atoms with van der Waals surface area (Å²) in [5, 5.41) is 10.5. The van der Waals surface area contributed by atoms with E-state index in [1.165, 1.54) is 65.3 Å². The quantitative estimate of drug-likeness (QED) is 0.202. The molecule has 0 saturated heterocycles. The van der Waals surface area contributed by atoms with Crippen LogP contribution < -0.4 is 4.74 Å². The number of benzene rings is 6. The molecule has 0 heterocycles. The van der Waals surface area contributed by atoms with Crippen molar-refractivity contribution in [2.24, 2.45) is 0 Å². The van der Waals surface area contributed by atoms with Gasteiger partial charge in [0.2, 0.25) is 0 Å². The van der Waals surface area contributed by atoms with Crippen molar-refractivity contribution in [1.82, 2.24) is 0 Å². The van der Waals surface area contributed by atoms with Crippen LogP contribution in [0.15, 0.2) is 91.0 Å².